The number of amides is 3. The minimum Gasteiger partial charge on any atom is -0.353 e. The lowest BCUT2D eigenvalue weighted by molar-refractivity contribution is -0.133. The Labute approximate surface area is 182 Å². The quantitative estimate of drug-likeness (QED) is 0.585. The van der Waals surface area contributed by atoms with Crippen molar-refractivity contribution in [3.8, 4) is 0 Å². The molecule has 0 saturated heterocycles. The normalized spacial score (nSPS) is 10.8. The van der Waals surface area contributed by atoms with Crippen molar-refractivity contribution in [3.05, 3.63) is 52.8 Å². The molecule has 158 valence electrons. The number of nitrogens with one attached hydrogen (secondary N) is 1. The molecule has 1 N–H and O–H groups in total. The van der Waals surface area contributed by atoms with Gasteiger partial charge in [0.1, 0.15) is 6.54 Å². The highest BCUT2D eigenvalue weighted by atomic mass is 79.9. The molecule has 1 aromatic carbocycles. The second-order valence-electron chi connectivity index (χ2n) is 7.64. The Morgan fingerprint density at radius 3 is 2.52 bits per heavy atom. The maximum atomic E-state index is 13.1. The summed E-state index contributed by atoms with van der Waals surface area (Å²) in [5.41, 5.74) is 1.76. The minimum absolute atomic E-state index is 0.0438. The van der Waals surface area contributed by atoms with Gasteiger partial charge in [-0.05, 0) is 42.7 Å². The zero-order chi connectivity index (χ0) is 21.4. The summed E-state index contributed by atoms with van der Waals surface area (Å²) < 4.78 is 2.91. The summed E-state index contributed by atoms with van der Waals surface area (Å²) in [5.74, 6) is 0.298. The van der Waals surface area contributed by atoms with Gasteiger partial charge in [-0.15, -0.1) is 0 Å². The zero-order valence-electron chi connectivity index (χ0n) is 17.7. The Balaban J connectivity index is 2.09. The van der Waals surface area contributed by atoms with E-state index < -0.39 is 0 Å². The van der Waals surface area contributed by atoms with Gasteiger partial charge in [0.15, 0.2) is 0 Å². The number of anilines is 1. The molecule has 2 aromatic rings. The van der Waals surface area contributed by atoms with Gasteiger partial charge in [-0.3, -0.25) is 4.79 Å². The zero-order valence-corrected chi connectivity index (χ0v) is 19.3. The molecule has 6 nitrogen and oxygen atoms in total. The Bertz CT molecular complexity index is 819. The number of hydrogen-bond acceptors (Lipinski definition) is 2. The van der Waals surface area contributed by atoms with Gasteiger partial charge in [-0.2, -0.15) is 0 Å². The van der Waals surface area contributed by atoms with E-state index in [1.165, 1.54) is 0 Å². The first-order chi connectivity index (χ1) is 13.8. The van der Waals surface area contributed by atoms with Crippen LogP contribution >= 0.6 is 15.9 Å². The first-order valence-corrected chi connectivity index (χ1v) is 10.8. The fourth-order valence-electron chi connectivity index (χ4n) is 3.11. The summed E-state index contributed by atoms with van der Waals surface area (Å²) in [6, 6.07) is 11.2. The number of benzene rings is 1. The Kier molecular flexibility index (Phi) is 8.76. The SMILES string of the molecule is CCCN(CC(=O)N(Cc1cccn1C)CC(C)C)C(=O)Nc1cccc(Br)c1. The van der Waals surface area contributed by atoms with Crippen LogP contribution in [0.25, 0.3) is 0 Å². The lowest BCUT2D eigenvalue weighted by Crippen LogP contribution is -2.45. The number of nitrogens with zero attached hydrogens (tertiary/aromatic N) is 3. The van der Waals surface area contributed by atoms with Crippen LogP contribution in [0.3, 0.4) is 0 Å². The van der Waals surface area contributed by atoms with E-state index in [1.54, 1.807) is 4.90 Å². The predicted molar refractivity (Wildman–Crippen MR) is 121 cm³/mol. The summed E-state index contributed by atoms with van der Waals surface area (Å²) in [4.78, 5) is 29.3. The summed E-state index contributed by atoms with van der Waals surface area (Å²) in [5, 5.41) is 2.89. The van der Waals surface area contributed by atoms with Crippen molar-refractivity contribution in [1.29, 1.82) is 0 Å². The largest absolute Gasteiger partial charge is 0.353 e. The molecule has 0 aliphatic carbocycles. The third-order valence-corrected chi connectivity index (χ3v) is 5.02. The van der Waals surface area contributed by atoms with Crippen LogP contribution in [0.4, 0.5) is 10.5 Å². The van der Waals surface area contributed by atoms with Crippen molar-refractivity contribution in [1.82, 2.24) is 14.4 Å². The average molecular weight is 463 g/mol. The fraction of sp³-hybridized carbons (Fsp3) is 0.455. The molecule has 1 heterocycles. The monoisotopic (exact) mass is 462 g/mol. The summed E-state index contributed by atoms with van der Waals surface area (Å²) in [6.07, 6.45) is 2.75. The highest BCUT2D eigenvalue weighted by Crippen LogP contribution is 2.16. The first kappa shape index (κ1) is 23.0. The number of carbonyl (C=O) groups excluding carboxylic acids is 2. The molecule has 0 bridgehead atoms. The lowest BCUT2D eigenvalue weighted by Gasteiger charge is -2.29. The van der Waals surface area contributed by atoms with Crippen LogP contribution in [0.1, 0.15) is 32.9 Å². The van der Waals surface area contributed by atoms with E-state index in [0.717, 1.165) is 16.6 Å². The molecule has 0 fully saturated rings. The van der Waals surface area contributed by atoms with Crippen molar-refractivity contribution in [2.45, 2.75) is 33.7 Å². The predicted octanol–water partition coefficient (Wildman–Crippen LogP) is 4.72. The highest BCUT2D eigenvalue weighted by Gasteiger charge is 2.22. The van der Waals surface area contributed by atoms with Gasteiger partial charge in [0, 0.05) is 42.2 Å². The van der Waals surface area contributed by atoms with Crippen LogP contribution in [-0.2, 0) is 18.4 Å². The van der Waals surface area contributed by atoms with Crippen LogP contribution in [-0.4, -0.2) is 45.9 Å². The fourth-order valence-corrected chi connectivity index (χ4v) is 3.51. The van der Waals surface area contributed by atoms with Crippen LogP contribution in [0.2, 0.25) is 0 Å². The number of aryl methyl sites for hydroxylation is 1. The minimum atomic E-state index is -0.262. The van der Waals surface area contributed by atoms with Crippen molar-refractivity contribution < 1.29 is 9.59 Å². The molecule has 0 unspecified atom stereocenters. The first-order valence-electron chi connectivity index (χ1n) is 9.99. The van der Waals surface area contributed by atoms with Crippen LogP contribution in [0.5, 0.6) is 0 Å². The van der Waals surface area contributed by atoms with E-state index in [0.29, 0.717) is 31.2 Å². The third-order valence-electron chi connectivity index (χ3n) is 4.53. The van der Waals surface area contributed by atoms with Gasteiger partial charge in [-0.25, -0.2) is 4.79 Å². The molecule has 0 aliphatic heterocycles. The van der Waals surface area contributed by atoms with Crippen molar-refractivity contribution in [2.75, 3.05) is 25.0 Å². The van der Waals surface area contributed by atoms with E-state index in [-0.39, 0.29) is 18.5 Å². The van der Waals surface area contributed by atoms with E-state index in [4.69, 9.17) is 0 Å². The molecule has 0 spiro atoms. The van der Waals surface area contributed by atoms with Crippen LogP contribution in [0.15, 0.2) is 47.1 Å². The summed E-state index contributed by atoms with van der Waals surface area (Å²) in [7, 11) is 1.97. The number of rotatable bonds is 9. The molecule has 7 heteroatoms. The molecule has 0 saturated carbocycles. The number of aromatic nitrogens is 1. The Morgan fingerprint density at radius 2 is 1.93 bits per heavy atom. The lowest BCUT2D eigenvalue weighted by atomic mass is 10.2. The highest BCUT2D eigenvalue weighted by molar-refractivity contribution is 9.10. The summed E-state index contributed by atoms with van der Waals surface area (Å²) >= 11 is 3.41. The second kappa shape index (κ2) is 11.0. The number of urea groups is 1. The van der Waals surface area contributed by atoms with Crippen LogP contribution in [0, 0.1) is 5.92 Å². The molecule has 0 radical (unpaired) electrons. The van der Waals surface area contributed by atoms with E-state index in [1.807, 2.05) is 66.0 Å². The molecule has 0 atom stereocenters. The third kappa shape index (κ3) is 7.24. The maximum absolute atomic E-state index is 13.1. The van der Waals surface area contributed by atoms with Gasteiger partial charge >= 0.3 is 6.03 Å². The number of halogens is 1. The molecule has 0 aliphatic rings. The molecule has 3 amide bonds. The van der Waals surface area contributed by atoms with Gasteiger partial charge in [0.05, 0.1) is 6.54 Å². The molecule has 2 rings (SSSR count). The van der Waals surface area contributed by atoms with E-state index in [2.05, 4.69) is 35.1 Å². The van der Waals surface area contributed by atoms with Gasteiger partial charge < -0.3 is 19.7 Å². The van der Waals surface area contributed by atoms with E-state index >= 15 is 0 Å². The molecule has 1 aromatic heterocycles. The topological polar surface area (TPSA) is 57.6 Å². The number of carbonyl (C=O) groups is 2. The Hall–Kier alpha value is -2.28. The smallest absolute Gasteiger partial charge is 0.322 e. The van der Waals surface area contributed by atoms with Gasteiger partial charge in [-0.1, -0.05) is 42.8 Å². The molecular weight excluding hydrogens is 432 g/mol. The van der Waals surface area contributed by atoms with Gasteiger partial charge in [0.25, 0.3) is 0 Å². The second-order valence-corrected chi connectivity index (χ2v) is 8.56. The Morgan fingerprint density at radius 1 is 1.17 bits per heavy atom. The van der Waals surface area contributed by atoms with Crippen molar-refractivity contribution in [3.63, 3.8) is 0 Å². The summed E-state index contributed by atoms with van der Waals surface area (Å²) in [6.45, 7) is 7.95. The maximum Gasteiger partial charge on any atom is 0.322 e. The average Bonchev–Trinajstić information content (AvgIpc) is 3.05. The van der Waals surface area contributed by atoms with Crippen LogP contribution < -0.4 is 5.32 Å². The van der Waals surface area contributed by atoms with Crippen molar-refractivity contribution >= 4 is 33.6 Å². The van der Waals surface area contributed by atoms with E-state index in [9.17, 15) is 9.59 Å². The molecular formula is C22H31BrN4O2. The van der Waals surface area contributed by atoms with Crippen molar-refractivity contribution in [2.24, 2.45) is 13.0 Å². The van der Waals surface area contributed by atoms with Gasteiger partial charge in [0.2, 0.25) is 5.91 Å². The standard InChI is InChI=1S/C22H31BrN4O2/c1-5-11-26(22(29)24-19-9-6-8-18(23)13-19)16-21(28)27(14-17(2)3)15-20-10-7-12-25(20)4/h6-10,12-13,17H,5,11,14-16H2,1-4H3,(H,24,29). The molecule has 29 heavy (non-hydrogen) atoms. The number of hydrogen-bond donors (Lipinski definition) is 1.